The van der Waals surface area contributed by atoms with E-state index in [1.54, 1.807) is 30.3 Å². The molecule has 6 fully saturated rings. The number of aryl methyl sites for hydroxylation is 1. The van der Waals surface area contributed by atoms with Crippen LogP contribution in [0.25, 0.3) is 44.0 Å². The summed E-state index contributed by atoms with van der Waals surface area (Å²) < 4.78 is 75.1. The minimum Gasteiger partial charge on any atom is -0.468 e. The van der Waals surface area contributed by atoms with Gasteiger partial charge in [0, 0.05) is 77.0 Å². The summed E-state index contributed by atoms with van der Waals surface area (Å²) in [6.45, 7) is 13.5. The molecule has 3 aromatic heterocycles. The number of carbonyl (C=O) groups is 3. The summed E-state index contributed by atoms with van der Waals surface area (Å²) >= 11 is 0. The lowest BCUT2D eigenvalue weighted by molar-refractivity contribution is -0.135. The third-order valence-electron chi connectivity index (χ3n) is 18.4. The van der Waals surface area contributed by atoms with Gasteiger partial charge in [0.05, 0.1) is 34.2 Å². The Kier molecular flexibility index (Phi) is 15.5. The van der Waals surface area contributed by atoms with Gasteiger partial charge >= 0.3 is 17.8 Å². The third kappa shape index (κ3) is 10.9. The van der Waals surface area contributed by atoms with Gasteiger partial charge in [-0.3, -0.25) is 38.8 Å². The molecule has 444 valence electrons. The largest absolute Gasteiger partial charge is 0.468 e. The molecule has 0 radical (unpaired) electrons. The molecule has 3 unspecified atom stereocenters. The number of piperidine rings is 4. The first-order valence-corrected chi connectivity index (χ1v) is 29.4. The molecule has 3 atom stereocenters. The molecule has 1 N–H and O–H groups in total. The number of imidazole rings is 1. The first-order valence-electron chi connectivity index (χ1n) is 29.4. The second kappa shape index (κ2) is 22.8. The van der Waals surface area contributed by atoms with E-state index in [2.05, 4.69) is 35.8 Å². The number of piperazine rings is 1. The van der Waals surface area contributed by atoms with Crippen LogP contribution in [0.5, 0.6) is 11.8 Å². The zero-order chi connectivity index (χ0) is 58.8. The van der Waals surface area contributed by atoms with Crippen molar-refractivity contribution in [2.24, 2.45) is 18.4 Å². The molecule has 6 aromatic rings. The number of fused-ring (bicyclic) bond motifs is 5. The molecule has 6 aliphatic heterocycles. The van der Waals surface area contributed by atoms with Crippen LogP contribution < -0.4 is 30.3 Å². The molecule has 0 aliphatic carbocycles. The minimum atomic E-state index is -0.878. The number of pyridine rings is 1. The van der Waals surface area contributed by atoms with Gasteiger partial charge in [0.1, 0.15) is 52.4 Å². The Morgan fingerprint density at radius 3 is 2.25 bits per heavy atom. The van der Waals surface area contributed by atoms with Gasteiger partial charge in [0.15, 0.2) is 18.4 Å². The van der Waals surface area contributed by atoms with Crippen LogP contribution in [-0.4, -0.2) is 160 Å². The van der Waals surface area contributed by atoms with E-state index in [1.165, 1.54) is 35.6 Å². The average Bonchev–Trinajstić information content (AvgIpc) is 2.66. The van der Waals surface area contributed by atoms with E-state index in [4.69, 9.17) is 35.3 Å². The SMILES string of the molecule is C#Cc1c(F)ccc2cc(OCOC)cc(-c3ncc4c(N5CC6CCC(C5)N6C(=O)OC(C)(C)C)nc(OCCN5CCC6(CC5)CCN(CC5CCN(c7ccc8c(c7F)n(C)c(=O)n8C7CCC(=O)NC7=O)CC5)CC6)nc4c3F)c12. The van der Waals surface area contributed by atoms with Gasteiger partial charge in [-0.25, -0.2) is 22.8 Å². The number of ether oxygens (including phenoxy) is 4. The number of carbonyl (C=O) groups excluding carboxylic acids is 3. The van der Waals surface area contributed by atoms with Crippen molar-refractivity contribution in [3.05, 3.63) is 76.1 Å². The summed E-state index contributed by atoms with van der Waals surface area (Å²) in [5.74, 6) is 0.897. The van der Waals surface area contributed by atoms with Crippen molar-refractivity contribution in [3.8, 4) is 35.4 Å². The first kappa shape index (κ1) is 57.0. The Labute approximate surface area is 485 Å². The number of nitrogens with one attached hydrogen (secondary N) is 1. The Bertz CT molecular complexity index is 3650. The highest BCUT2D eigenvalue weighted by atomic mass is 19.1. The van der Waals surface area contributed by atoms with E-state index in [0.29, 0.717) is 77.6 Å². The van der Waals surface area contributed by atoms with Crippen molar-refractivity contribution in [3.63, 3.8) is 0 Å². The molecule has 6 saturated heterocycles. The minimum absolute atomic E-state index is 0.000367. The number of rotatable bonds is 13. The standard InChI is InChI=1S/C62H72F3N11O8/c1-7-42-45(63)11-8-38-30-41(83-36-81-6)31-43(50(38)42)53-52(65)54-44(32-66-53)56(74-34-39-9-10-40(35-74)75(39)60(80)84-61(2,3)4)69-58(68-54)82-29-28-71-24-18-62(19-25-71)20-26-72(27-21-62)33-37-16-22-73(23-17-37)46-12-13-47-55(51(46)64)70(5)59(79)76(47)48-14-15-49(77)67-57(48)78/h1,8,11-13,30-32,37,39-40,48H,9-10,14-29,33-36H2,2-6H3,(H,67,77,78). The smallest absolute Gasteiger partial charge is 0.410 e. The molecule has 3 aromatic carbocycles. The second-order valence-corrected chi connectivity index (χ2v) is 24.7. The number of amides is 3. The Balaban J connectivity index is 0.693. The summed E-state index contributed by atoms with van der Waals surface area (Å²) in [5, 5.41) is 3.48. The number of aromatic nitrogens is 5. The number of hydrogen-bond acceptors (Lipinski definition) is 15. The van der Waals surface area contributed by atoms with Crippen molar-refractivity contribution in [2.75, 3.05) is 95.8 Å². The van der Waals surface area contributed by atoms with Crippen molar-refractivity contribution in [1.82, 2.24) is 44.1 Å². The van der Waals surface area contributed by atoms with Gasteiger partial charge in [0.25, 0.3) is 0 Å². The lowest BCUT2D eigenvalue weighted by Crippen LogP contribution is -2.57. The van der Waals surface area contributed by atoms with Crippen LogP contribution in [0.15, 0.2) is 47.4 Å². The Hall–Kier alpha value is -7.48. The molecule has 3 amide bonds. The molecule has 19 nitrogen and oxygen atoms in total. The number of imide groups is 1. The maximum absolute atomic E-state index is 17.6. The Morgan fingerprint density at radius 1 is 0.857 bits per heavy atom. The highest BCUT2D eigenvalue weighted by Gasteiger charge is 2.46. The number of hydrogen-bond donors (Lipinski definition) is 1. The molecule has 0 saturated carbocycles. The van der Waals surface area contributed by atoms with Gasteiger partial charge in [-0.1, -0.05) is 12.0 Å². The number of benzene rings is 3. The van der Waals surface area contributed by atoms with Crippen LogP contribution in [-0.2, 0) is 26.1 Å². The fraction of sp³-hybridized carbons (Fsp3) is 0.532. The maximum Gasteiger partial charge on any atom is 0.410 e. The highest BCUT2D eigenvalue weighted by molar-refractivity contribution is 6.03. The molecule has 84 heavy (non-hydrogen) atoms. The van der Waals surface area contributed by atoms with E-state index in [9.17, 15) is 19.2 Å². The zero-order valence-electron chi connectivity index (χ0n) is 48.4. The van der Waals surface area contributed by atoms with Crippen LogP contribution in [0.2, 0.25) is 0 Å². The van der Waals surface area contributed by atoms with Gasteiger partial charge in [-0.15, -0.1) is 6.42 Å². The molecule has 22 heteroatoms. The maximum atomic E-state index is 17.6. The predicted octanol–water partition coefficient (Wildman–Crippen LogP) is 7.92. The third-order valence-corrected chi connectivity index (χ3v) is 18.4. The number of anilines is 2. The summed E-state index contributed by atoms with van der Waals surface area (Å²) in [4.78, 5) is 76.7. The van der Waals surface area contributed by atoms with Crippen LogP contribution in [0.3, 0.4) is 0 Å². The predicted molar refractivity (Wildman–Crippen MR) is 310 cm³/mol. The molecule has 12 rings (SSSR count). The fourth-order valence-electron chi connectivity index (χ4n) is 14.0. The number of methoxy groups -OCH3 is 1. The van der Waals surface area contributed by atoms with E-state index >= 15 is 13.2 Å². The lowest BCUT2D eigenvalue weighted by atomic mass is 9.71. The highest BCUT2D eigenvalue weighted by Crippen LogP contribution is 2.44. The molecule has 2 bridgehead atoms. The Morgan fingerprint density at radius 2 is 1.57 bits per heavy atom. The molecule has 9 heterocycles. The molecule has 1 spiro atoms. The van der Waals surface area contributed by atoms with Gasteiger partial charge in [-0.05, 0) is 152 Å². The van der Waals surface area contributed by atoms with E-state index in [0.717, 1.165) is 84.1 Å². The average molecular weight is 1160 g/mol. The summed E-state index contributed by atoms with van der Waals surface area (Å²) in [5.41, 5.74) is 0.0915. The molecular formula is C62H72F3N11O8. The molecular weight excluding hydrogens is 1080 g/mol. The zero-order valence-corrected chi connectivity index (χ0v) is 48.4. The molecule has 6 aliphatic rings. The van der Waals surface area contributed by atoms with E-state index in [1.807, 2.05) is 25.7 Å². The van der Waals surface area contributed by atoms with E-state index < -0.39 is 40.7 Å². The number of halogens is 3. The number of likely N-dealkylation sites (tertiary alicyclic amines) is 2. The van der Waals surface area contributed by atoms with Gasteiger partial charge in [0.2, 0.25) is 11.8 Å². The quantitative estimate of drug-likeness (QED) is 0.0669. The normalized spacial score (nSPS) is 21.7. The number of nitrogens with zero attached hydrogens (tertiary/aromatic N) is 10. The second-order valence-electron chi connectivity index (χ2n) is 24.7. The van der Waals surface area contributed by atoms with Crippen molar-refractivity contribution < 1.29 is 46.5 Å². The lowest BCUT2D eigenvalue weighted by Gasteiger charge is -2.47. The van der Waals surface area contributed by atoms with Gasteiger partial charge in [-0.2, -0.15) is 9.97 Å². The fourth-order valence-corrected chi connectivity index (χ4v) is 14.0. The first-order chi connectivity index (χ1) is 40.4. The summed E-state index contributed by atoms with van der Waals surface area (Å²) in [6.07, 6.45) is 15.1. The van der Waals surface area contributed by atoms with E-state index in [-0.39, 0.29) is 89.6 Å². The topological polar surface area (TPSA) is 182 Å². The van der Waals surface area contributed by atoms with Crippen LogP contribution in [0.4, 0.5) is 29.5 Å². The van der Waals surface area contributed by atoms with Crippen molar-refractivity contribution >= 4 is 62.1 Å². The van der Waals surface area contributed by atoms with Crippen LogP contribution in [0, 0.1) is 41.1 Å². The summed E-state index contributed by atoms with van der Waals surface area (Å²) in [6, 6.07) is 8.31. The number of terminal acetylenes is 1. The monoisotopic (exact) mass is 1160 g/mol. The van der Waals surface area contributed by atoms with Crippen molar-refractivity contribution in [1.29, 1.82) is 0 Å². The van der Waals surface area contributed by atoms with Crippen LogP contribution in [0.1, 0.15) is 96.6 Å². The summed E-state index contributed by atoms with van der Waals surface area (Å²) in [7, 11) is 3.00. The van der Waals surface area contributed by atoms with Gasteiger partial charge < -0.3 is 33.6 Å². The van der Waals surface area contributed by atoms with Crippen molar-refractivity contribution in [2.45, 2.75) is 109 Å². The van der Waals surface area contributed by atoms with Crippen LogP contribution >= 0.6 is 0 Å².